The number of carbonyl (C=O) groups excluding carboxylic acids is 1. The van der Waals surface area contributed by atoms with E-state index in [0.29, 0.717) is 16.3 Å². The average Bonchev–Trinajstić information content (AvgIpc) is 2.16. The molecule has 6 heteroatoms. The van der Waals surface area contributed by atoms with E-state index in [1.807, 2.05) is 0 Å². The maximum absolute atomic E-state index is 11.7. The summed E-state index contributed by atoms with van der Waals surface area (Å²) in [5, 5.41) is 3.03. The highest BCUT2D eigenvalue weighted by molar-refractivity contribution is 7.84. The summed E-state index contributed by atoms with van der Waals surface area (Å²) in [4.78, 5) is 15.5. The first kappa shape index (κ1) is 13.1. The summed E-state index contributed by atoms with van der Waals surface area (Å²) in [5.41, 5.74) is 0.380. The Hall–Kier alpha value is -0.940. The molecule has 88 valence electrons. The first-order valence-corrected chi connectivity index (χ1v) is 6.81. The van der Waals surface area contributed by atoms with Crippen LogP contribution in [0.15, 0.2) is 18.5 Å². The third kappa shape index (κ3) is 3.90. The minimum Gasteiger partial charge on any atom is -0.349 e. The number of rotatable bonds is 4. The van der Waals surface area contributed by atoms with Gasteiger partial charge in [0.2, 0.25) is 0 Å². The predicted octanol–water partition coefficient (Wildman–Crippen LogP) is 1.23. The topological polar surface area (TPSA) is 59.1 Å². The van der Waals surface area contributed by atoms with Crippen molar-refractivity contribution >= 4 is 28.3 Å². The Morgan fingerprint density at radius 3 is 2.94 bits per heavy atom. The van der Waals surface area contributed by atoms with Gasteiger partial charge in [-0.2, -0.15) is 0 Å². The van der Waals surface area contributed by atoms with Crippen LogP contribution < -0.4 is 5.32 Å². The molecule has 1 aromatic heterocycles. The van der Waals surface area contributed by atoms with Gasteiger partial charge in [-0.15, -0.1) is 0 Å². The highest BCUT2D eigenvalue weighted by Crippen LogP contribution is 2.13. The highest BCUT2D eigenvalue weighted by Gasteiger charge is 2.13. The molecular weight excluding hydrogens is 248 g/mol. The molecule has 1 N–H and O–H groups in total. The molecule has 0 saturated heterocycles. The second-order valence-electron chi connectivity index (χ2n) is 3.47. The van der Waals surface area contributed by atoms with E-state index in [1.165, 1.54) is 12.4 Å². The molecule has 1 rings (SSSR count). The Morgan fingerprint density at radius 2 is 2.38 bits per heavy atom. The summed E-state index contributed by atoms with van der Waals surface area (Å²) >= 11 is 5.82. The Balaban J connectivity index is 2.66. The zero-order valence-corrected chi connectivity index (χ0v) is 10.6. The standard InChI is InChI=1S/C10H13ClN2O2S/c1-7(6-16(2)15)13-10(14)8-3-4-12-5-9(8)11/h3-5,7H,6H2,1-2H3,(H,13,14)/t7-,16-/m1/s1. The molecule has 0 aliphatic rings. The summed E-state index contributed by atoms with van der Waals surface area (Å²) in [6.07, 6.45) is 4.52. The van der Waals surface area contributed by atoms with Crippen molar-refractivity contribution in [2.24, 2.45) is 0 Å². The van der Waals surface area contributed by atoms with E-state index in [0.717, 1.165) is 0 Å². The van der Waals surface area contributed by atoms with Crippen molar-refractivity contribution < 1.29 is 9.00 Å². The van der Waals surface area contributed by atoms with Crippen molar-refractivity contribution in [3.05, 3.63) is 29.0 Å². The molecule has 1 heterocycles. The maximum atomic E-state index is 11.7. The quantitative estimate of drug-likeness (QED) is 0.886. The highest BCUT2D eigenvalue weighted by atomic mass is 35.5. The predicted molar refractivity (Wildman–Crippen MR) is 65.1 cm³/mol. The van der Waals surface area contributed by atoms with Crippen LogP contribution in [0.5, 0.6) is 0 Å². The smallest absolute Gasteiger partial charge is 0.253 e. The lowest BCUT2D eigenvalue weighted by molar-refractivity contribution is 0.0944. The van der Waals surface area contributed by atoms with Crippen molar-refractivity contribution in [2.45, 2.75) is 13.0 Å². The Kier molecular flexibility index (Phi) is 4.89. The maximum Gasteiger partial charge on any atom is 0.253 e. The number of hydrogen-bond donors (Lipinski definition) is 1. The van der Waals surface area contributed by atoms with Gasteiger partial charge in [-0.1, -0.05) is 11.6 Å². The number of amides is 1. The molecule has 0 saturated carbocycles. The molecule has 2 atom stereocenters. The molecule has 1 aromatic rings. The van der Waals surface area contributed by atoms with Gasteiger partial charge < -0.3 is 5.32 Å². The van der Waals surface area contributed by atoms with E-state index >= 15 is 0 Å². The lowest BCUT2D eigenvalue weighted by Crippen LogP contribution is -2.36. The zero-order valence-electron chi connectivity index (χ0n) is 9.07. The number of nitrogens with zero attached hydrogens (tertiary/aromatic N) is 1. The van der Waals surface area contributed by atoms with Crippen molar-refractivity contribution in [1.29, 1.82) is 0 Å². The molecule has 0 radical (unpaired) electrons. The summed E-state index contributed by atoms with van der Waals surface area (Å²) in [7, 11) is -0.934. The van der Waals surface area contributed by atoms with Crippen LogP contribution in [-0.4, -0.2) is 33.2 Å². The van der Waals surface area contributed by atoms with Gasteiger partial charge in [0.1, 0.15) is 0 Å². The summed E-state index contributed by atoms with van der Waals surface area (Å²) < 4.78 is 11.0. The molecule has 0 aliphatic carbocycles. The van der Waals surface area contributed by atoms with Crippen LogP contribution in [0, 0.1) is 0 Å². The van der Waals surface area contributed by atoms with Crippen LogP contribution in [0.4, 0.5) is 0 Å². The van der Waals surface area contributed by atoms with E-state index in [-0.39, 0.29) is 11.9 Å². The second kappa shape index (κ2) is 5.96. The summed E-state index contributed by atoms with van der Waals surface area (Å²) in [5.74, 6) is 0.152. The van der Waals surface area contributed by atoms with Crippen LogP contribution in [0.2, 0.25) is 5.02 Å². The van der Waals surface area contributed by atoms with Gasteiger partial charge in [0, 0.05) is 41.2 Å². The van der Waals surface area contributed by atoms with Crippen molar-refractivity contribution in [2.75, 3.05) is 12.0 Å². The Labute approximate surface area is 102 Å². The third-order valence-corrected chi connectivity index (χ3v) is 3.15. The van der Waals surface area contributed by atoms with E-state index in [9.17, 15) is 9.00 Å². The van der Waals surface area contributed by atoms with Crippen molar-refractivity contribution in [3.8, 4) is 0 Å². The fourth-order valence-corrected chi connectivity index (χ4v) is 2.25. The van der Waals surface area contributed by atoms with E-state index in [1.54, 1.807) is 19.2 Å². The largest absolute Gasteiger partial charge is 0.349 e. The second-order valence-corrected chi connectivity index (χ2v) is 5.36. The van der Waals surface area contributed by atoms with Crippen molar-refractivity contribution in [1.82, 2.24) is 10.3 Å². The number of nitrogens with one attached hydrogen (secondary N) is 1. The zero-order chi connectivity index (χ0) is 12.1. The number of hydrogen-bond acceptors (Lipinski definition) is 3. The van der Waals surface area contributed by atoms with Gasteiger partial charge in [-0.3, -0.25) is 14.0 Å². The minimum atomic E-state index is -0.934. The van der Waals surface area contributed by atoms with Gasteiger partial charge >= 0.3 is 0 Å². The van der Waals surface area contributed by atoms with Crippen molar-refractivity contribution in [3.63, 3.8) is 0 Å². The van der Waals surface area contributed by atoms with E-state index in [2.05, 4.69) is 10.3 Å². The van der Waals surface area contributed by atoms with Gasteiger partial charge in [0.25, 0.3) is 5.91 Å². The first-order chi connectivity index (χ1) is 7.50. The summed E-state index contributed by atoms with van der Waals surface area (Å²) in [6, 6.07) is 1.40. The van der Waals surface area contributed by atoms with Crippen LogP contribution in [0.25, 0.3) is 0 Å². The van der Waals surface area contributed by atoms with Crippen LogP contribution in [-0.2, 0) is 10.8 Å². The van der Waals surface area contributed by atoms with E-state index in [4.69, 9.17) is 11.6 Å². The molecule has 0 aromatic carbocycles. The summed E-state index contributed by atoms with van der Waals surface area (Å²) in [6.45, 7) is 1.80. The number of pyridine rings is 1. The molecule has 4 nitrogen and oxygen atoms in total. The van der Waals surface area contributed by atoms with Crippen LogP contribution >= 0.6 is 11.6 Å². The van der Waals surface area contributed by atoms with Gasteiger partial charge in [0.05, 0.1) is 10.6 Å². The lowest BCUT2D eigenvalue weighted by atomic mass is 10.2. The molecule has 1 amide bonds. The molecule has 0 spiro atoms. The lowest BCUT2D eigenvalue weighted by Gasteiger charge is -2.12. The van der Waals surface area contributed by atoms with Gasteiger partial charge in [-0.05, 0) is 13.0 Å². The minimum absolute atomic E-state index is 0.150. The molecule has 0 fully saturated rings. The Bertz CT molecular complexity index is 412. The number of aromatic nitrogens is 1. The molecule has 16 heavy (non-hydrogen) atoms. The average molecular weight is 261 g/mol. The fourth-order valence-electron chi connectivity index (χ4n) is 1.25. The molecular formula is C10H13ClN2O2S. The number of carbonyl (C=O) groups is 1. The number of halogens is 1. The molecule has 0 unspecified atom stereocenters. The normalized spacial score (nSPS) is 14.2. The van der Waals surface area contributed by atoms with E-state index < -0.39 is 10.8 Å². The fraction of sp³-hybridized carbons (Fsp3) is 0.400. The molecule has 0 aliphatic heterocycles. The monoisotopic (exact) mass is 260 g/mol. The van der Waals surface area contributed by atoms with Crippen LogP contribution in [0.1, 0.15) is 17.3 Å². The van der Waals surface area contributed by atoms with Gasteiger partial charge in [-0.25, -0.2) is 0 Å². The first-order valence-electron chi connectivity index (χ1n) is 4.71. The third-order valence-electron chi connectivity index (χ3n) is 1.88. The van der Waals surface area contributed by atoms with Gasteiger partial charge in [0.15, 0.2) is 0 Å². The van der Waals surface area contributed by atoms with Crippen LogP contribution in [0.3, 0.4) is 0 Å². The Morgan fingerprint density at radius 1 is 1.69 bits per heavy atom. The molecule has 0 bridgehead atoms. The SMILES string of the molecule is C[C@H](C[S@@](C)=O)NC(=O)c1ccncc1Cl.